The Morgan fingerprint density at radius 2 is 2.09 bits per heavy atom. The van der Waals surface area contributed by atoms with E-state index in [4.69, 9.17) is 0 Å². The summed E-state index contributed by atoms with van der Waals surface area (Å²) in [6, 6.07) is 1.90. The molecule has 0 aromatic carbocycles. The van der Waals surface area contributed by atoms with Gasteiger partial charge < -0.3 is 10.2 Å². The van der Waals surface area contributed by atoms with Gasteiger partial charge in [-0.2, -0.15) is 5.10 Å². The second-order valence-electron chi connectivity index (χ2n) is 6.63. The standard InChI is InChI=1S/C17H28N4O2/c1-4-21-17(23)11-15(12-18-21)20-9-7-14(8-10-20)19-16(22)6-5-13(2)3/h11-14H,4-10H2,1-3H3,(H,19,22). The van der Waals surface area contributed by atoms with E-state index in [1.807, 2.05) is 6.92 Å². The van der Waals surface area contributed by atoms with Crippen molar-refractivity contribution in [2.75, 3.05) is 18.0 Å². The molecule has 0 spiro atoms. The highest BCUT2D eigenvalue weighted by atomic mass is 16.1. The van der Waals surface area contributed by atoms with Crippen molar-refractivity contribution in [2.24, 2.45) is 5.92 Å². The first-order valence-electron chi connectivity index (χ1n) is 8.61. The Morgan fingerprint density at radius 3 is 2.65 bits per heavy atom. The van der Waals surface area contributed by atoms with Crippen LogP contribution >= 0.6 is 0 Å². The van der Waals surface area contributed by atoms with E-state index in [-0.39, 0.29) is 17.5 Å². The third-order valence-corrected chi connectivity index (χ3v) is 4.33. The molecular formula is C17H28N4O2. The zero-order chi connectivity index (χ0) is 16.8. The summed E-state index contributed by atoms with van der Waals surface area (Å²) in [6.45, 7) is 8.43. The van der Waals surface area contributed by atoms with Crippen molar-refractivity contribution in [1.82, 2.24) is 15.1 Å². The summed E-state index contributed by atoms with van der Waals surface area (Å²) < 4.78 is 1.45. The van der Waals surface area contributed by atoms with Gasteiger partial charge in [0.1, 0.15) is 0 Å². The van der Waals surface area contributed by atoms with Crippen molar-refractivity contribution in [3.63, 3.8) is 0 Å². The number of aromatic nitrogens is 2. The quantitative estimate of drug-likeness (QED) is 0.868. The van der Waals surface area contributed by atoms with Gasteiger partial charge in [0.15, 0.2) is 0 Å². The van der Waals surface area contributed by atoms with E-state index in [0.717, 1.165) is 38.0 Å². The topological polar surface area (TPSA) is 67.2 Å². The number of rotatable bonds is 6. The number of piperidine rings is 1. The number of aryl methyl sites for hydroxylation is 1. The zero-order valence-electron chi connectivity index (χ0n) is 14.4. The fraction of sp³-hybridized carbons (Fsp3) is 0.706. The Balaban J connectivity index is 1.83. The number of anilines is 1. The van der Waals surface area contributed by atoms with Crippen molar-refractivity contribution in [3.05, 3.63) is 22.6 Å². The van der Waals surface area contributed by atoms with Gasteiger partial charge in [0.2, 0.25) is 5.91 Å². The maximum Gasteiger partial charge on any atom is 0.268 e. The molecule has 1 amide bonds. The van der Waals surface area contributed by atoms with Gasteiger partial charge in [-0.3, -0.25) is 9.59 Å². The molecule has 0 aliphatic carbocycles. The van der Waals surface area contributed by atoms with Crippen molar-refractivity contribution in [1.29, 1.82) is 0 Å². The molecule has 2 heterocycles. The first kappa shape index (κ1) is 17.5. The highest BCUT2D eigenvalue weighted by Crippen LogP contribution is 2.18. The van der Waals surface area contributed by atoms with Crippen LogP contribution in [0.2, 0.25) is 0 Å². The van der Waals surface area contributed by atoms with Gasteiger partial charge >= 0.3 is 0 Å². The number of carbonyl (C=O) groups is 1. The third kappa shape index (κ3) is 5.08. The van der Waals surface area contributed by atoms with Gasteiger partial charge in [-0.1, -0.05) is 13.8 Å². The van der Waals surface area contributed by atoms with E-state index in [2.05, 4.69) is 29.2 Å². The van der Waals surface area contributed by atoms with Gasteiger partial charge in [0.05, 0.1) is 11.9 Å². The molecule has 0 bridgehead atoms. The first-order chi connectivity index (χ1) is 11.0. The molecule has 2 rings (SSSR count). The predicted octanol–water partition coefficient (Wildman–Crippen LogP) is 1.78. The number of amides is 1. The Kier molecular flexibility index (Phi) is 6.19. The lowest BCUT2D eigenvalue weighted by atomic mass is 10.0. The normalized spacial score (nSPS) is 15.9. The third-order valence-electron chi connectivity index (χ3n) is 4.33. The molecule has 6 nitrogen and oxygen atoms in total. The SMILES string of the molecule is CCn1ncc(N2CCC(NC(=O)CCC(C)C)CC2)cc1=O. The monoisotopic (exact) mass is 320 g/mol. The summed E-state index contributed by atoms with van der Waals surface area (Å²) in [7, 11) is 0. The molecule has 1 aromatic rings. The molecule has 128 valence electrons. The summed E-state index contributed by atoms with van der Waals surface area (Å²) in [4.78, 5) is 25.9. The molecule has 0 unspecified atom stereocenters. The molecule has 6 heteroatoms. The second kappa shape index (κ2) is 8.13. The lowest BCUT2D eigenvalue weighted by Crippen LogP contribution is -2.45. The molecule has 1 aromatic heterocycles. The van der Waals surface area contributed by atoms with E-state index in [1.165, 1.54) is 4.68 Å². The summed E-state index contributed by atoms with van der Waals surface area (Å²) in [5.41, 5.74) is 0.818. The molecule has 0 atom stereocenters. The fourth-order valence-corrected chi connectivity index (χ4v) is 2.84. The van der Waals surface area contributed by atoms with Gasteiger partial charge in [-0.25, -0.2) is 4.68 Å². The van der Waals surface area contributed by atoms with Crippen LogP contribution < -0.4 is 15.8 Å². The summed E-state index contributed by atoms with van der Waals surface area (Å²) in [6.07, 6.45) is 5.11. The lowest BCUT2D eigenvalue weighted by molar-refractivity contribution is -0.122. The van der Waals surface area contributed by atoms with Crippen LogP contribution in [0.4, 0.5) is 5.69 Å². The largest absolute Gasteiger partial charge is 0.370 e. The van der Waals surface area contributed by atoms with Crippen LogP contribution in [0.3, 0.4) is 0 Å². The number of nitrogens with zero attached hydrogens (tertiary/aromatic N) is 3. The molecule has 0 radical (unpaired) electrons. The summed E-state index contributed by atoms with van der Waals surface area (Å²) >= 11 is 0. The maximum atomic E-state index is 11.9. The molecule has 1 saturated heterocycles. The van der Waals surface area contributed by atoms with Crippen molar-refractivity contribution in [3.8, 4) is 0 Å². The van der Waals surface area contributed by atoms with Crippen LogP contribution in [0.1, 0.15) is 46.5 Å². The molecule has 0 saturated carbocycles. The summed E-state index contributed by atoms with van der Waals surface area (Å²) in [5.74, 6) is 0.713. The lowest BCUT2D eigenvalue weighted by Gasteiger charge is -2.33. The minimum atomic E-state index is -0.0610. The van der Waals surface area contributed by atoms with Crippen LogP contribution in [-0.4, -0.2) is 34.8 Å². The molecule has 1 aliphatic heterocycles. The van der Waals surface area contributed by atoms with E-state index < -0.39 is 0 Å². The smallest absolute Gasteiger partial charge is 0.268 e. The maximum absolute atomic E-state index is 11.9. The van der Waals surface area contributed by atoms with Crippen molar-refractivity contribution in [2.45, 2.75) is 59.0 Å². The number of carbonyl (C=O) groups excluding carboxylic acids is 1. The Labute approximate surface area is 137 Å². The molecule has 1 aliphatic rings. The summed E-state index contributed by atoms with van der Waals surface area (Å²) in [5, 5.41) is 7.30. The van der Waals surface area contributed by atoms with Crippen molar-refractivity contribution < 1.29 is 4.79 Å². The predicted molar refractivity (Wildman–Crippen MR) is 91.6 cm³/mol. The fourth-order valence-electron chi connectivity index (χ4n) is 2.84. The van der Waals surface area contributed by atoms with Crippen LogP contribution in [0.25, 0.3) is 0 Å². The van der Waals surface area contributed by atoms with Gasteiger partial charge in [-0.05, 0) is 32.1 Å². The van der Waals surface area contributed by atoms with E-state index >= 15 is 0 Å². The van der Waals surface area contributed by atoms with Gasteiger partial charge in [0, 0.05) is 38.2 Å². The van der Waals surface area contributed by atoms with Gasteiger partial charge in [-0.15, -0.1) is 0 Å². The average Bonchev–Trinajstić information content (AvgIpc) is 2.53. The van der Waals surface area contributed by atoms with Crippen molar-refractivity contribution >= 4 is 11.6 Å². The minimum absolute atomic E-state index is 0.0610. The highest BCUT2D eigenvalue weighted by Gasteiger charge is 2.21. The van der Waals surface area contributed by atoms with E-state index in [0.29, 0.717) is 18.9 Å². The van der Waals surface area contributed by atoms with Crippen LogP contribution in [0.5, 0.6) is 0 Å². The van der Waals surface area contributed by atoms with E-state index in [1.54, 1.807) is 12.3 Å². The number of nitrogens with one attached hydrogen (secondary N) is 1. The zero-order valence-corrected chi connectivity index (χ0v) is 14.4. The molecule has 23 heavy (non-hydrogen) atoms. The number of hydrogen-bond acceptors (Lipinski definition) is 4. The average molecular weight is 320 g/mol. The highest BCUT2D eigenvalue weighted by molar-refractivity contribution is 5.76. The Morgan fingerprint density at radius 1 is 1.39 bits per heavy atom. The minimum Gasteiger partial charge on any atom is -0.370 e. The molecule has 1 fully saturated rings. The Bertz CT molecular complexity index is 574. The van der Waals surface area contributed by atoms with Crippen LogP contribution in [-0.2, 0) is 11.3 Å². The second-order valence-corrected chi connectivity index (χ2v) is 6.63. The Hall–Kier alpha value is -1.85. The molecule has 1 N–H and O–H groups in total. The first-order valence-corrected chi connectivity index (χ1v) is 8.61. The number of hydrogen-bond donors (Lipinski definition) is 1. The van der Waals surface area contributed by atoms with Gasteiger partial charge in [0.25, 0.3) is 5.56 Å². The molecular weight excluding hydrogens is 292 g/mol. The van der Waals surface area contributed by atoms with Crippen LogP contribution in [0.15, 0.2) is 17.1 Å². The van der Waals surface area contributed by atoms with E-state index in [9.17, 15) is 9.59 Å². The van der Waals surface area contributed by atoms with Crippen LogP contribution in [0, 0.1) is 5.92 Å².